The molecule has 2 saturated heterocycles. The van der Waals surface area contributed by atoms with E-state index in [2.05, 4.69) is 5.32 Å². The number of carbonyl (C=O) groups excluding carboxylic acids is 3. The quantitative estimate of drug-likeness (QED) is 0.586. The van der Waals surface area contributed by atoms with Crippen LogP contribution in [-0.2, 0) is 14.3 Å². The molecule has 1 unspecified atom stereocenters. The van der Waals surface area contributed by atoms with Crippen LogP contribution in [0.15, 0.2) is 18.2 Å². The number of benzene rings is 1. The van der Waals surface area contributed by atoms with Gasteiger partial charge in [-0.1, -0.05) is 6.07 Å². The number of ether oxygens (including phenoxy) is 1. The third-order valence-corrected chi connectivity index (χ3v) is 6.07. The number of cyclic esters (lactones) is 1. The van der Waals surface area contributed by atoms with E-state index in [1.54, 1.807) is 12.1 Å². The number of anilines is 1. The van der Waals surface area contributed by atoms with Gasteiger partial charge in [-0.15, -0.1) is 0 Å². The van der Waals surface area contributed by atoms with Crippen molar-refractivity contribution < 1.29 is 33.7 Å². The number of nitrogens with one attached hydrogen (secondary N) is 1. The van der Waals surface area contributed by atoms with E-state index >= 15 is 0 Å². The van der Waals surface area contributed by atoms with Gasteiger partial charge in [-0.3, -0.25) is 14.5 Å². The van der Waals surface area contributed by atoms with Crippen LogP contribution in [0.25, 0.3) is 0 Å². The van der Waals surface area contributed by atoms with Crippen LogP contribution >= 0.6 is 0 Å². The summed E-state index contributed by atoms with van der Waals surface area (Å²) in [5, 5.41) is 21.0. The monoisotopic (exact) mass is 421 g/mol. The summed E-state index contributed by atoms with van der Waals surface area (Å²) >= 11 is 0. The zero-order valence-corrected chi connectivity index (χ0v) is 16.5. The molecule has 3 N–H and O–H groups in total. The third-order valence-electron chi connectivity index (χ3n) is 6.07. The molecule has 10 heteroatoms. The lowest BCUT2D eigenvalue weighted by atomic mass is 10.0. The van der Waals surface area contributed by atoms with Crippen LogP contribution < -0.4 is 10.2 Å². The van der Waals surface area contributed by atoms with Crippen LogP contribution in [-0.4, -0.2) is 78.0 Å². The number of fused-ring (bicyclic) bond motifs is 1. The Bertz CT molecular complexity index is 868. The minimum atomic E-state index is -1.41. The van der Waals surface area contributed by atoms with E-state index in [9.17, 15) is 23.9 Å². The highest BCUT2D eigenvalue weighted by Crippen LogP contribution is 2.58. The van der Waals surface area contributed by atoms with Crippen LogP contribution in [0.1, 0.15) is 18.4 Å². The first-order valence-corrected chi connectivity index (χ1v) is 9.90. The molecule has 2 heterocycles. The van der Waals surface area contributed by atoms with Gasteiger partial charge in [0, 0.05) is 20.0 Å². The maximum atomic E-state index is 14.8. The molecule has 2 aliphatic heterocycles. The third kappa shape index (κ3) is 3.72. The molecule has 3 aliphatic rings. The fourth-order valence-corrected chi connectivity index (χ4v) is 4.51. The van der Waals surface area contributed by atoms with E-state index in [-0.39, 0.29) is 36.8 Å². The van der Waals surface area contributed by atoms with Gasteiger partial charge in [0.2, 0.25) is 5.91 Å². The Morgan fingerprint density at radius 1 is 1.30 bits per heavy atom. The predicted molar refractivity (Wildman–Crippen MR) is 102 cm³/mol. The van der Waals surface area contributed by atoms with Crippen molar-refractivity contribution in [3.8, 4) is 0 Å². The Kier molecular flexibility index (Phi) is 5.37. The van der Waals surface area contributed by atoms with E-state index in [1.165, 1.54) is 22.8 Å². The molecule has 9 nitrogen and oxygen atoms in total. The fraction of sp³-hybridized carbons (Fsp3) is 0.550. The molecular weight excluding hydrogens is 397 g/mol. The summed E-state index contributed by atoms with van der Waals surface area (Å²) in [6.07, 6.45) is -2.49. The van der Waals surface area contributed by atoms with Gasteiger partial charge in [0.1, 0.15) is 11.9 Å². The predicted octanol–water partition coefficient (Wildman–Crippen LogP) is -0.188. The number of carbonyl (C=O) groups is 3. The molecule has 4 rings (SSSR count). The number of aliphatic hydroxyl groups excluding tert-OH is 2. The largest absolute Gasteiger partial charge is 0.442 e. The highest BCUT2D eigenvalue weighted by Gasteiger charge is 2.58. The van der Waals surface area contributed by atoms with Crippen molar-refractivity contribution in [1.29, 1.82) is 0 Å². The normalized spacial score (nSPS) is 28.2. The van der Waals surface area contributed by atoms with E-state index in [0.29, 0.717) is 24.3 Å². The highest BCUT2D eigenvalue weighted by molar-refractivity contribution is 5.90. The topological polar surface area (TPSA) is 119 Å². The number of piperidine rings is 1. The van der Waals surface area contributed by atoms with Crippen molar-refractivity contribution >= 4 is 23.6 Å². The lowest BCUT2D eigenvalue weighted by Crippen LogP contribution is -2.40. The SMILES string of the molecule is CC(=O)NC[C@H]1CN(c2ccc(C3[C@H]4CN(C(=O)[C@@H](O)CO)C[C@@H]34)c(F)c2)C(=O)O1. The number of hydrogen-bond acceptors (Lipinski definition) is 6. The van der Waals surface area contributed by atoms with E-state index in [0.717, 1.165) is 0 Å². The van der Waals surface area contributed by atoms with E-state index in [4.69, 9.17) is 9.84 Å². The summed E-state index contributed by atoms with van der Waals surface area (Å²) < 4.78 is 20.0. The van der Waals surface area contributed by atoms with Gasteiger partial charge in [-0.2, -0.15) is 0 Å². The maximum absolute atomic E-state index is 14.8. The van der Waals surface area contributed by atoms with Crippen molar-refractivity contribution in [1.82, 2.24) is 10.2 Å². The molecular formula is C20H24FN3O6. The molecule has 1 aromatic rings. The van der Waals surface area contributed by atoms with Crippen LogP contribution in [0, 0.1) is 17.7 Å². The second-order valence-electron chi connectivity index (χ2n) is 8.05. The minimum absolute atomic E-state index is 0.00702. The lowest BCUT2D eigenvalue weighted by Gasteiger charge is -2.22. The molecule has 162 valence electrons. The molecule has 3 amide bonds. The molecule has 1 aliphatic carbocycles. The summed E-state index contributed by atoms with van der Waals surface area (Å²) in [6, 6.07) is 4.65. The molecule has 1 aromatic carbocycles. The summed E-state index contributed by atoms with van der Waals surface area (Å²) in [5.41, 5.74) is 0.936. The van der Waals surface area contributed by atoms with Gasteiger partial charge in [0.05, 0.1) is 25.4 Å². The number of hydrogen-bond donors (Lipinski definition) is 3. The lowest BCUT2D eigenvalue weighted by molar-refractivity contribution is -0.141. The molecule has 1 saturated carbocycles. The number of halogens is 1. The number of rotatable bonds is 6. The summed E-state index contributed by atoms with van der Waals surface area (Å²) in [4.78, 5) is 37.9. The number of likely N-dealkylation sites (tertiary alicyclic amines) is 1. The van der Waals surface area contributed by atoms with Gasteiger partial charge < -0.3 is 25.2 Å². The van der Waals surface area contributed by atoms with Gasteiger partial charge >= 0.3 is 6.09 Å². The first-order chi connectivity index (χ1) is 14.3. The van der Waals surface area contributed by atoms with Crippen LogP contribution in [0.3, 0.4) is 0 Å². The average Bonchev–Trinajstić information content (AvgIpc) is 3.04. The Hall–Kier alpha value is -2.72. The molecule has 0 aromatic heterocycles. The van der Waals surface area contributed by atoms with Crippen LogP contribution in [0.4, 0.5) is 14.9 Å². The highest BCUT2D eigenvalue weighted by atomic mass is 19.1. The Morgan fingerprint density at radius 2 is 2.00 bits per heavy atom. The van der Waals surface area contributed by atoms with Crippen molar-refractivity contribution in [3.63, 3.8) is 0 Å². The number of amides is 3. The number of aliphatic hydroxyl groups is 2. The van der Waals surface area contributed by atoms with Crippen molar-refractivity contribution in [2.75, 3.05) is 37.7 Å². The summed E-state index contributed by atoms with van der Waals surface area (Å²) in [5.74, 6) is -0.898. The van der Waals surface area contributed by atoms with Crippen LogP contribution in [0.2, 0.25) is 0 Å². The van der Waals surface area contributed by atoms with Gasteiger partial charge in [-0.25, -0.2) is 9.18 Å². The molecule has 0 bridgehead atoms. The van der Waals surface area contributed by atoms with E-state index in [1.807, 2.05) is 0 Å². The molecule has 0 radical (unpaired) electrons. The maximum Gasteiger partial charge on any atom is 0.414 e. The first-order valence-electron chi connectivity index (χ1n) is 9.90. The average molecular weight is 421 g/mol. The molecule has 3 fully saturated rings. The smallest absolute Gasteiger partial charge is 0.414 e. The van der Waals surface area contributed by atoms with Crippen molar-refractivity contribution in [2.24, 2.45) is 11.8 Å². The Morgan fingerprint density at radius 3 is 2.60 bits per heavy atom. The van der Waals surface area contributed by atoms with Crippen LogP contribution in [0.5, 0.6) is 0 Å². The first kappa shape index (κ1) is 20.5. The minimum Gasteiger partial charge on any atom is -0.442 e. The Balaban J connectivity index is 1.38. The van der Waals surface area contributed by atoms with Crippen molar-refractivity contribution in [2.45, 2.75) is 25.0 Å². The molecule has 30 heavy (non-hydrogen) atoms. The standard InChI is InChI=1S/C20H24FN3O6/c1-10(26)22-5-12-6-24(20(29)30-12)11-2-3-13(16(21)4-11)18-14-7-23(8-15(14)18)19(28)17(27)9-25/h2-4,12,14-15,17-18,25,27H,5-9H2,1H3,(H,22,26)/t12-,14-,15+,17-,18?/m0/s1. The molecule has 5 atom stereocenters. The van der Waals surface area contributed by atoms with Gasteiger partial charge in [0.15, 0.2) is 6.10 Å². The summed E-state index contributed by atoms with van der Waals surface area (Å²) in [7, 11) is 0. The van der Waals surface area contributed by atoms with Gasteiger partial charge in [-0.05, 0) is 35.4 Å². The zero-order valence-electron chi connectivity index (χ0n) is 16.5. The molecule has 0 spiro atoms. The second kappa shape index (κ2) is 7.84. The Labute approximate surface area is 172 Å². The fourth-order valence-electron chi connectivity index (χ4n) is 4.51. The number of nitrogens with zero attached hydrogens (tertiary/aromatic N) is 2. The van der Waals surface area contributed by atoms with E-state index < -0.39 is 36.6 Å². The second-order valence-corrected chi connectivity index (χ2v) is 8.05. The summed E-state index contributed by atoms with van der Waals surface area (Å²) in [6.45, 7) is 2.03. The zero-order chi connectivity index (χ0) is 21.6. The van der Waals surface area contributed by atoms with Crippen molar-refractivity contribution in [3.05, 3.63) is 29.6 Å². The van der Waals surface area contributed by atoms with Gasteiger partial charge in [0.25, 0.3) is 5.91 Å².